The second-order valence-corrected chi connectivity index (χ2v) is 8.33. The van der Waals surface area contributed by atoms with E-state index in [2.05, 4.69) is 9.71 Å². The lowest BCUT2D eigenvalue weighted by Gasteiger charge is -2.09. The van der Waals surface area contributed by atoms with Crippen LogP contribution in [0.1, 0.15) is 5.56 Å². The molecule has 130 valence electrons. The molecule has 2 aromatic heterocycles. The number of thiophene rings is 1. The van der Waals surface area contributed by atoms with Crippen molar-refractivity contribution in [2.75, 3.05) is 13.2 Å². The molecule has 1 aliphatic heterocycles. The zero-order chi connectivity index (χ0) is 17.4. The lowest BCUT2D eigenvalue weighted by atomic mass is 10.2. The lowest BCUT2D eigenvalue weighted by Crippen LogP contribution is -2.30. The van der Waals surface area contributed by atoms with E-state index in [4.69, 9.17) is 4.74 Å². The molecule has 3 heterocycles. The number of ether oxygens (including phenoxy) is 1. The van der Waals surface area contributed by atoms with Gasteiger partial charge in [0.15, 0.2) is 0 Å². The van der Waals surface area contributed by atoms with Crippen LogP contribution in [0.2, 0.25) is 0 Å². The van der Waals surface area contributed by atoms with Gasteiger partial charge in [0.25, 0.3) is 5.56 Å². The molecule has 4 rings (SSSR count). The quantitative estimate of drug-likeness (QED) is 0.725. The second-order valence-electron chi connectivity index (χ2n) is 5.64. The molecule has 0 spiro atoms. The minimum Gasteiger partial charge on any atom is -0.493 e. The lowest BCUT2D eigenvalue weighted by molar-refractivity contribution is 0.356. The number of hydrogen-bond donors (Lipinski definition) is 1. The van der Waals surface area contributed by atoms with Gasteiger partial charge in [-0.1, -0.05) is 0 Å². The molecular weight excluding hydrogens is 362 g/mol. The molecule has 0 amide bonds. The highest BCUT2D eigenvalue weighted by Gasteiger charge is 2.19. The second kappa shape index (κ2) is 6.25. The Morgan fingerprint density at radius 2 is 2.20 bits per heavy atom. The van der Waals surface area contributed by atoms with E-state index in [0.717, 1.165) is 11.3 Å². The molecule has 7 nitrogen and oxygen atoms in total. The summed E-state index contributed by atoms with van der Waals surface area (Å²) in [5.74, 6) is 0.737. The Bertz CT molecular complexity index is 1100. The predicted octanol–water partition coefficient (Wildman–Crippen LogP) is 1.37. The molecule has 1 aliphatic rings. The zero-order valence-corrected chi connectivity index (χ0v) is 14.8. The highest BCUT2D eigenvalue weighted by Crippen LogP contribution is 2.27. The zero-order valence-electron chi connectivity index (χ0n) is 13.1. The van der Waals surface area contributed by atoms with Gasteiger partial charge >= 0.3 is 0 Å². The van der Waals surface area contributed by atoms with Gasteiger partial charge in [-0.3, -0.25) is 9.36 Å². The van der Waals surface area contributed by atoms with E-state index >= 15 is 0 Å². The van der Waals surface area contributed by atoms with Gasteiger partial charge in [-0.2, -0.15) is 0 Å². The number of aromatic nitrogens is 2. The fourth-order valence-corrected chi connectivity index (χ4v) is 4.62. The predicted molar refractivity (Wildman–Crippen MR) is 94.7 cm³/mol. The summed E-state index contributed by atoms with van der Waals surface area (Å²) in [6.07, 6.45) is 2.15. The van der Waals surface area contributed by atoms with E-state index < -0.39 is 10.0 Å². The van der Waals surface area contributed by atoms with Gasteiger partial charge in [-0.15, -0.1) is 11.3 Å². The summed E-state index contributed by atoms with van der Waals surface area (Å²) in [4.78, 5) is 16.7. The third-order valence-corrected chi connectivity index (χ3v) is 6.40. The summed E-state index contributed by atoms with van der Waals surface area (Å²) >= 11 is 1.33. The van der Waals surface area contributed by atoms with Crippen molar-refractivity contribution in [2.24, 2.45) is 0 Å². The van der Waals surface area contributed by atoms with Crippen molar-refractivity contribution in [2.45, 2.75) is 17.9 Å². The Labute approximate surface area is 147 Å². The van der Waals surface area contributed by atoms with Gasteiger partial charge in [0.05, 0.1) is 23.3 Å². The van der Waals surface area contributed by atoms with Crippen LogP contribution in [0.5, 0.6) is 5.75 Å². The van der Waals surface area contributed by atoms with Gasteiger partial charge in [0.2, 0.25) is 10.0 Å². The van der Waals surface area contributed by atoms with Gasteiger partial charge in [-0.25, -0.2) is 18.1 Å². The fraction of sp³-hybridized carbons (Fsp3) is 0.250. The molecule has 25 heavy (non-hydrogen) atoms. The Morgan fingerprint density at radius 1 is 1.32 bits per heavy atom. The van der Waals surface area contributed by atoms with E-state index in [-0.39, 0.29) is 23.5 Å². The summed E-state index contributed by atoms with van der Waals surface area (Å²) in [5, 5.41) is 1.81. The average Bonchev–Trinajstić information content (AvgIpc) is 3.25. The van der Waals surface area contributed by atoms with Gasteiger partial charge < -0.3 is 4.74 Å². The molecule has 1 N–H and O–H groups in total. The number of fused-ring (bicyclic) bond motifs is 2. The summed E-state index contributed by atoms with van der Waals surface area (Å²) in [7, 11) is -3.64. The first-order chi connectivity index (χ1) is 12.0. The van der Waals surface area contributed by atoms with E-state index in [1.54, 1.807) is 18.2 Å². The maximum atomic E-state index is 12.4. The van der Waals surface area contributed by atoms with E-state index in [1.165, 1.54) is 28.3 Å². The molecule has 0 fully saturated rings. The van der Waals surface area contributed by atoms with Gasteiger partial charge in [0, 0.05) is 19.5 Å². The first-order valence-electron chi connectivity index (χ1n) is 7.73. The highest BCUT2D eigenvalue weighted by molar-refractivity contribution is 7.89. The summed E-state index contributed by atoms with van der Waals surface area (Å²) in [6.45, 7) is 0.898. The van der Waals surface area contributed by atoms with Crippen molar-refractivity contribution >= 4 is 31.6 Å². The number of benzene rings is 1. The van der Waals surface area contributed by atoms with Crippen LogP contribution in [-0.4, -0.2) is 31.1 Å². The molecule has 9 heteroatoms. The first-order valence-corrected chi connectivity index (χ1v) is 10.1. The molecule has 1 aromatic carbocycles. The highest BCUT2D eigenvalue weighted by atomic mass is 32.2. The van der Waals surface area contributed by atoms with Crippen LogP contribution in [0.3, 0.4) is 0 Å². The van der Waals surface area contributed by atoms with Crippen LogP contribution in [0, 0.1) is 0 Å². The average molecular weight is 377 g/mol. The topological polar surface area (TPSA) is 90.3 Å². The van der Waals surface area contributed by atoms with Crippen LogP contribution in [-0.2, 0) is 23.0 Å². The molecule has 0 saturated carbocycles. The minimum absolute atomic E-state index is 0.106. The number of rotatable bonds is 5. The summed E-state index contributed by atoms with van der Waals surface area (Å²) < 4.78 is 34.8. The molecular formula is C16H15N3O4S2. The van der Waals surface area contributed by atoms with Crippen LogP contribution < -0.4 is 15.0 Å². The maximum absolute atomic E-state index is 12.4. The SMILES string of the molecule is O=c1c2sccc2ncn1CCNS(=O)(=O)c1ccc2c(c1)CCO2. The molecule has 0 unspecified atom stereocenters. The van der Waals surface area contributed by atoms with Crippen LogP contribution >= 0.6 is 11.3 Å². The van der Waals surface area contributed by atoms with Crippen LogP contribution in [0.4, 0.5) is 0 Å². The summed E-state index contributed by atoms with van der Waals surface area (Å²) in [6, 6.07) is 6.62. The van der Waals surface area contributed by atoms with E-state index in [1.807, 2.05) is 5.38 Å². The monoisotopic (exact) mass is 377 g/mol. The normalized spacial score (nSPS) is 13.8. The fourth-order valence-electron chi connectivity index (χ4n) is 2.75. The van der Waals surface area contributed by atoms with Crippen LogP contribution in [0.25, 0.3) is 10.2 Å². The van der Waals surface area contributed by atoms with Gasteiger partial charge in [0.1, 0.15) is 10.4 Å². The molecule has 0 saturated heterocycles. The largest absolute Gasteiger partial charge is 0.493 e. The van der Waals surface area contributed by atoms with Crippen molar-refractivity contribution in [1.29, 1.82) is 0 Å². The van der Waals surface area contributed by atoms with Gasteiger partial charge in [-0.05, 0) is 35.2 Å². The molecule has 0 radical (unpaired) electrons. The van der Waals surface area contributed by atoms with Crippen molar-refractivity contribution in [1.82, 2.24) is 14.3 Å². The first kappa shape index (κ1) is 16.2. The standard InChI is InChI=1S/C16H15N3O4S2/c20-16-15-13(4-8-24-15)17-10-19(16)6-5-18-25(21,22)12-1-2-14-11(9-12)3-7-23-14/h1-2,4,8-10,18H,3,5-7H2. The Hall–Kier alpha value is -2.23. The van der Waals surface area contributed by atoms with Crippen molar-refractivity contribution in [3.63, 3.8) is 0 Å². The number of nitrogens with one attached hydrogen (secondary N) is 1. The van der Waals surface area contributed by atoms with Crippen LogP contribution in [0.15, 0.2) is 45.7 Å². The summed E-state index contributed by atoms with van der Waals surface area (Å²) in [5.41, 5.74) is 1.40. The molecule has 0 atom stereocenters. The number of hydrogen-bond acceptors (Lipinski definition) is 6. The third kappa shape index (κ3) is 3.06. The van der Waals surface area contributed by atoms with Crippen molar-refractivity contribution in [3.8, 4) is 5.75 Å². The Balaban J connectivity index is 1.48. The van der Waals surface area contributed by atoms with E-state index in [0.29, 0.717) is 23.2 Å². The maximum Gasteiger partial charge on any atom is 0.271 e. The Kier molecular flexibility index (Phi) is 4.06. The smallest absolute Gasteiger partial charge is 0.271 e. The number of sulfonamides is 1. The van der Waals surface area contributed by atoms with E-state index in [9.17, 15) is 13.2 Å². The molecule has 3 aromatic rings. The Morgan fingerprint density at radius 3 is 3.08 bits per heavy atom. The van der Waals surface area contributed by atoms with Crippen molar-refractivity contribution in [3.05, 3.63) is 51.9 Å². The molecule has 0 aliphatic carbocycles. The third-order valence-electron chi connectivity index (χ3n) is 4.05. The van der Waals surface area contributed by atoms with Crippen molar-refractivity contribution < 1.29 is 13.2 Å². The number of nitrogens with zero attached hydrogens (tertiary/aromatic N) is 2. The molecule has 0 bridgehead atoms. The minimum atomic E-state index is -3.64.